The minimum absolute atomic E-state index is 0.242. The van der Waals surface area contributed by atoms with Gasteiger partial charge in [0.25, 0.3) is 0 Å². The maximum atomic E-state index is 12.3. The van der Waals surface area contributed by atoms with Crippen LogP contribution in [0.5, 0.6) is 0 Å². The lowest BCUT2D eigenvalue weighted by Gasteiger charge is -2.33. The summed E-state index contributed by atoms with van der Waals surface area (Å²) >= 11 is 0. The number of rotatable bonds is 4. The number of carbonyl (C=O) groups is 1. The fraction of sp³-hybridized carbons (Fsp3) is 0.923. The summed E-state index contributed by atoms with van der Waals surface area (Å²) in [6.45, 7) is 6.22. The molecule has 0 bridgehead atoms. The van der Waals surface area contributed by atoms with Gasteiger partial charge in [-0.2, -0.15) is 0 Å². The number of Topliss-reactive ketones (excluding diaryl/α,β-unsaturated/α-hetero) is 1. The van der Waals surface area contributed by atoms with Crippen LogP contribution >= 0.6 is 0 Å². The molecule has 2 nitrogen and oxygen atoms in total. The van der Waals surface area contributed by atoms with E-state index >= 15 is 0 Å². The molecule has 2 heteroatoms. The molecule has 88 valence electrons. The highest BCUT2D eigenvalue weighted by atomic mass is 16.5. The van der Waals surface area contributed by atoms with Crippen molar-refractivity contribution in [1.82, 2.24) is 0 Å². The zero-order valence-corrected chi connectivity index (χ0v) is 10.5. The third-order valence-electron chi connectivity index (χ3n) is 4.03. The molecule has 1 rings (SSSR count). The van der Waals surface area contributed by atoms with Crippen LogP contribution in [0.2, 0.25) is 0 Å². The normalized spacial score (nSPS) is 30.9. The van der Waals surface area contributed by atoms with Crippen molar-refractivity contribution in [2.75, 3.05) is 7.11 Å². The summed E-state index contributed by atoms with van der Waals surface area (Å²) in [5, 5.41) is 0. The van der Waals surface area contributed by atoms with Crippen molar-refractivity contribution in [2.45, 2.75) is 58.5 Å². The number of ether oxygens (including phenoxy) is 1. The SMILES string of the molecule is CCC(C)(OC)C(=O)C1CCC(C)CC1. The lowest BCUT2D eigenvalue weighted by Crippen LogP contribution is -2.42. The highest BCUT2D eigenvalue weighted by molar-refractivity contribution is 5.89. The van der Waals surface area contributed by atoms with Crippen LogP contribution in [0.25, 0.3) is 0 Å². The predicted molar refractivity (Wildman–Crippen MR) is 61.8 cm³/mol. The second-order valence-electron chi connectivity index (χ2n) is 5.11. The van der Waals surface area contributed by atoms with E-state index in [9.17, 15) is 4.79 Å². The van der Waals surface area contributed by atoms with Crippen LogP contribution in [0.15, 0.2) is 0 Å². The first kappa shape index (κ1) is 12.7. The average Bonchev–Trinajstić information content (AvgIpc) is 2.28. The maximum Gasteiger partial charge on any atom is 0.167 e. The van der Waals surface area contributed by atoms with Crippen molar-refractivity contribution in [3.8, 4) is 0 Å². The molecule has 1 aliphatic rings. The van der Waals surface area contributed by atoms with Gasteiger partial charge in [0.05, 0.1) is 0 Å². The second kappa shape index (κ2) is 5.11. The Kier molecular flexibility index (Phi) is 4.32. The van der Waals surface area contributed by atoms with E-state index in [-0.39, 0.29) is 5.92 Å². The van der Waals surface area contributed by atoms with Gasteiger partial charge in [-0.15, -0.1) is 0 Å². The molecule has 1 atom stereocenters. The first-order valence-electron chi connectivity index (χ1n) is 6.13. The van der Waals surface area contributed by atoms with E-state index in [2.05, 4.69) is 6.92 Å². The first-order chi connectivity index (χ1) is 7.03. The Morgan fingerprint density at radius 3 is 2.27 bits per heavy atom. The van der Waals surface area contributed by atoms with Crippen LogP contribution in [-0.4, -0.2) is 18.5 Å². The van der Waals surface area contributed by atoms with Crippen LogP contribution in [0.3, 0.4) is 0 Å². The van der Waals surface area contributed by atoms with Crippen molar-refractivity contribution in [1.29, 1.82) is 0 Å². The Hall–Kier alpha value is -0.370. The molecule has 1 saturated carbocycles. The maximum absolute atomic E-state index is 12.3. The van der Waals surface area contributed by atoms with Crippen molar-refractivity contribution in [2.24, 2.45) is 11.8 Å². The van der Waals surface area contributed by atoms with E-state index in [1.54, 1.807) is 7.11 Å². The monoisotopic (exact) mass is 212 g/mol. The summed E-state index contributed by atoms with van der Waals surface area (Å²) in [6, 6.07) is 0. The standard InChI is InChI=1S/C13H24O2/c1-5-13(3,15-4)12(14)11-8-6-10(2)7-9-11/h10-11H,5-9H2,1-4H3. The molecule has 0 aromatic rings. The Balaban J connectivity index is 2.60. The third-order valence-corrected chi connectivity index (χ3v) is 4.03. The summed E-state index contributed by atoms with van der Waals surface area (Å²) < 4.78 is 5.38. The molecule has 0 aromatic carbocycles. The van der Waals surface area contributed by atoms with Gasteiger partial charge in [-0.1, -0.05) is 26.7 Å². The zero-order valence-electron chi connectivity index (χ0n) is 10.5. The van der Waals surface area contributed by atoms with Gasteiger partial charge in [-0.25, -0.2) is 0 Å². The molecule has 1 aliphatic carbocycles. The van der Waals surface area contributed by atoms with E-state index < -0.39 is 5.60 Å². The highest BCUT2D eigenvalue weighted by Gasteiger charge is 2.37. The fourth-order valence-corrected chi connectivity index (χ4v) is 2.37. The van der Waals surface area contributed by atoms with Crippen molar-refractivity contribution >= 4 is 5.78 Å². The number of carbonyl (C=O) groups excluding carboxylic acids is 1. The molecule has 0 spiro atoms. The molecule has 0 radical (unpaired) electrons. The Morgan fingerprint density at radius 2 is 1.87 bits per heavy atom. The third kappa shape index (κ3) is 2.81. The van der Waals surface area contributed by atoms with E-state index in [1.165, 1.54) is 12.8 Å². The lowest BCUT2D eigenvalue weighted by atomic mass is 9.76. The molecule has 0 heterocycles. The molecule has 0 aliphatic heterocycles. The van der Waals surface area contributed by atoms with Gasteiger partial charge in [0.1, 0.15) is 5.60 Å². The molecular weight excluding hydrogens is 188 g/mol. The van der Waals surface area contributed by atoms with E-state index in [1.807, 2.05) is 13.8 Å². The van der Waals surface area contributed by atoms with Gasteiger partial charge in [0.2, 0.25) is 0 Å². The largest absolute Gasteiger partial charge is 0.371 e. The molecule has 0 saturated heterocycles. The van der Waals surface area contributed by atoms with E-state index in [0.29, 0.717) is 5.78 Å². The second-order valence-corrected chi connectivity index (χ2v) is 5.11. The number of hydrogen-bond donors (Lipinski definition) is 0. The lowest BCUT2D eigenvalue weighted by molar-refractivity contribution is -0.145. The Morgan fingerprint density at radius 1 is 1.33 bits per heavy atom. The molecular formula is C13H24O2. The topological polar surface area (TPSA) is 26.3 Å². The number of methoxy groups -OCH3 is 1. The molecule has 0 N–H and O–H groups in total. The van der Waals surface area contributed by atoms with Gasteiger partial charge in [-0.3, -0.25) is 4.79 Å². The quantitative estimate of drug-likeness (QED) is 0.715. The number of ketones is 1. The minimum atomic E-state index is -0.550. The van der Waals surface area contributed by atoms with Crippen molar-refractivity contribution < 1.29 is 9.53 Å². The van der Waals surface area contributed by atoms with Crippen LogP contribution in [0.4, 0.5) is 0 Å². The predicted octanol–water partition coefficient (Wildman–Crippen LogP) is 3.20. The Labute approximate surface area is 93.4 Å². The smallest absolute Gasteiger partial charge is 0.167 e. The zero-order chi connectivity index (χ0) is 11.5. The molecule has 0 aromatic heterocycles. The van der Waals surface area contributed by atoms with Crippen LogP contribution in [-0.2, 0) is 9.53 Å². The van der Waals surface area contributed by atoms with Crippen LogP contribution in [0.1, 0.15) is 52.9 Å². The van der Waals surface area contributed by atoms with Crippen molar-refractivity contribution in [3.05, 3.63) is 0 Å². The first-order valence-corrected chi connectivity index (χ1v) is 6.13. The van der Waals surface area contributed by atoms with Crippen LogP contribution in [0, 0.1) is 11.8 Å². The summed E-state index contributed by atoms with van der Waals surface area (Å²) in [4.78, 5) is 12.3. The minimum Gasteiger partial charge on any atom is -0.371 e. The summed E-state index contributed by atoms with van der Waals surface area (Å²) in [5.74, 6) is 1.36. The van der Waals surface area contributed by atoms with Gasteiger partial charge in [-0.05, 0) is 32.1 Å². The average molecular weight is 212 g/mol. The van der Waals surface area contributed by atoms with E-state index in [4.69, 9.17) is 4.74 Å². The van der Waals surface area contributed by atoms with Gasteiger partial charge >= 0.3 is 0 Å². The van der Waals surface area contributed by atoms with E-state index in [0.717, 1.165) is 25.2 Å². The van der Waals surface area contributed by atoms with Gasteiger partial charge in [0, 0.05) is 13.0 Å². The molecule has 15 heavy (non-hydrogen) atoms. The molecule has 0 amide bonds. The fourth-order valence-electron chi connectivity index (χ4n) is 2.37. The molecule has 1 unspecified atom stereocenters. The highest BCUT2D eigenvalue weighted by Crippen LogP contribution is 2.33. The summed E-state index contributed by atoms with van der Waals surface area (Å²) in [5.41, 5.74) is -0.550. The Bertz CT molecular complexity index is 211. The van der Waals surface area contributed by atoms with Gasteiger partial charge < -0.3 is 4.74 Å². The summed E-state index contributed by atoms with van der Waals surface area (Å²) in [7, 11) is 1.65. The van der Waals surface area contributed by atoms with Crippen LogP contribution < -0.4 is 0 Å². The van der Waals surface area contributed by atoms with Gasteiger partial charge in [0.15, 0.2) is 5.78 Å². The van der Waals surface area contributed by atoms with Crippen molar-refractivity contribution in [3.63, 3.8) is 0 Å². The summed E-state index contributed by atoms with van der Waals surface area (Å²) in [6.07, 6.45) is 5.27. The molecule has 1 fully saturated rings. The number of hydrogen-bond acceptors (Lipinski definition) is 2.